The molecule has 1 aliphatic carbocycles. The zero-order chi connectivity index (χ0) is 19.1. The molecule has 0 bridgehead atoms. The van der Waals surface area contributed by atoms with Gasteiger partial charge in [0.25, 0.3) is 0 Å². The lowest BCUT2D eigenvalue weighted by Gasteiger charge is -2.40. The van der Waals surface area contributed by atoms with Crippen LogP contribution in [0.4, 0.5) is 0 Å². The Morgan fingerprint density at radius 1 is 1.46 bits per heavy atom. The largest absolute Gasteiger partial charge is 0.396 e. The Morgan fingerprint density at radius 3 is 2.88 bits per heavy atom. The number of rotatable bonds is 5. The highest BCUT2D eigenvalue weighted by atomic mass is 79.9. The molecule has 0 spiro atoms. The predicted molar refractivity (Wildman–Crippen MR) is 111 cm³/mol. The second-order valence-electron chi connectivity index (χ2n) is 6.14. The van der Waals surface area contributed by atoms with E-state index in [4.69, 9.17) is 17.3 Å². The number of carbonyl (C=O) groups is 1. The van der Waals surface area contributed by atoms with Crippen molar-refractivity contribution in [3.05, 3.63) is 74.9 Å². The van der Waals surface area contributed by atoms with Gasteiger partial charge >= 0.3 is 0 Å². The molecule has 0 aromatic rings. The van der Waals surface area contributed by atoms with Crippen LogP contribution in [0, 0.1) is 0 Å². The lowest BCUT2D eigenvalue weighted by Crippen LogP contribution is -2.45. The highest BCUT2D eigenvalue weighted by Crippen LogP contribution is 2.29. The van der Waals surface area contributed by atoms with Crippen LogP contribution in [-0.2, 0) is 4.79 Å². The Bertz CT molecular complexity index is 770. The molecule has 2 N–H and O–H groups in total. The van der Waals surface area contributed by atoms with E-state index in [1.54, 1.807) is 11.1 Å². The molecule has 1 heterocycles. The zero-order valence-electron chi connectivity index (χ0n) is 14.8. The minimum atomic E-state index is 0.447. The number of nitrogens with two attached hydrogens (primary N) is 1. The molecule has 1 aliphatic heterocycles. The first kappa shape index (κ1) is 20.4. The van der Waals surface area contributed by atoms with E-state index in [1.165, 1.54) is 0 Å². The summed E-state index contributed by atoms with van der Waals surface area (Å²) < 4.78 is 0. The van der Waals surface area contributed by atoms with E-state index in [9.17, 15) is 4.79 Å². The molecule has 0 atom stereocenters. The van der Waals surface area contributed by atoms with E-state index in [0.717, 1.165) is 42.8 Å². The van der Waals surface area contributed by atoms with Gasteiger partial charge in [0.2, 0.25) is 0 Å². The number of allylic oxidation sites excluding steroid dienone is 6. The Kier molecular flexibility index (Phi) is 7.58. The quantitative estimate of drug-likeness (QED) is 0.397. The smallest absolute Gasteiger partial charge is 0.148 e. The van der Waals surface area contributed by atoms with Crippen molar-refractivity contribution < 1.29 is 4.79 Å². The van der Waals surface area contributed by atoms with E-state index in [1.807, 2.05) is 25.2 Å². The molecule has 2 rings (SSSR count). The van der Waals surface area contributed by atoms with Gasteiger partial charge in [0.05, 0.1) is 28.8 Å². The fourth-order valence-corrected chi connectivity index (χ4v) is 3.38. The highest BCUT2D eigenvalue weighted by molar-refractivity contribution is 9.11. The molecule has 0 amide bonds. The van der Waals surface area contributed by atoms with Gasteiger partial charge in [-0.25, -0.2) is 0 Å². The predicted octanol–water partition coefficient (Wildman–Crippen LogP) is 4.30. The highest BCUT2D eigenvalue weighted by Gasteiger charge is 2.26. The minimum absolute atomic E-state index is 0.447. The molecular formula is C20H23BrClN3O. The summed E-state index contributed by atoms with van der Waals surface area (Å²) in [7, 11) is 0. The van der Waals surface area contributed by atoms with Crippen LogP contribution < -0.4 is 5.73 Å². The average Bonchev–Trinajstić information content (AvgIpc) is 2.77. The van der Waals surface area contributed by atoms with Crippen molar-refractivity contribution in [1.82, 2.24) is 9.80 Å². The molecule has 26 heavy (non-hydrogen) atoms. The summed E-state index contributed by atoms with van der Waals surface area (Å²) in [5, 5.41) is 0.465. The lowest BCUT2D eigenvalue weighted by molar-refractivity contribution is -0.105. The van der Waals surface area contributed by atoms with Gasteiger partial charge in [-0.2, -0.15) is 0 Å². The molecule has 0 unspecified atom stereocenters. The Balaban J connectivity index is 2.39. The van der Waals surface area contributed by atoms with E-state index in [0.29, 0.717) is 29.4 Å². The first-order valence-electron chi connectivity index (χ1n) is 8.38. The van der Waals surface area contributed by atoms with E-state index in [-0.39, 0.29) is 0 Å². The number of nitrogens with zero attached hydrogens (tertiary/aromatic N) is 2. The molecule has 6 heteroatoms. The SMILES string of the molecule is C=C(C)C(=C=C/C=C/Br)N1CCCN(C2=C(C=O)CC=CC(Cl)=C2N)C1. The van der Waals surface area contributed by atoms with Gasteiger partial charge in [0, 0.05) is 18.7 Å². The zero-order valence-corrected chi connectivity index (χ0v) is 17.2. The average molecular weight is 437 g/mol. The van der Waals surface area contributed by atoms with Crippen LogP contribution in [0.5, 0.6) is 0 Å². The van der Waals surface area contributed by atoms with Crippen LogP contribution in [0.2, 0.25) is 0 Å². The molecule has 0 aromatic carbocycles. The molecule has 2 aliphatic rings. The number of carbonyl (C=O) groups excluding carboxylic acids is 1. The van der Waals surface area contributed by atoms with Crippen molar-refractivity contribution in [2.75, 3.05) is 19.8 Å². The van der Waals surface area contributed by atoms with Crippen molar-refractivity contribution in [3.8, 4) is 0 Å². The van der Waals surface area contributed by atoms with Crippen LogP contribution >= 0.6 is 27.5 Å². The van der Waals surface area contributed by atoms with E-state index < -0.39 is 0 Å². The summed E-state index contributed by atoms with van der Waals surface area (Å²) in [6.45, 7) is 8.32. The third kappa shape index (κ3) is 4.82. The molecule has 1 saturated heterocycles. The van der Waals surface area contributed by atoms with Crippen molar-refractivity contribution in [2.24, 2.45) is 5.73 Å². The number of hydrogen-bond acceptors (Lipinski definition) is 4. The van der Waals surface area contributed by atoms with Crippen LogP contribution in [0.3, 0.4) is 0 Å². The standard InChI is InChI=1S/C20H23BrClN3O/c1-15(2)18(9-3-4-10-21)24-11-6-12-25(14-24)20-16(13-26)7-5-8-17(22)19(20)23/h3-5,8,10,13H,1,6-7,11-12,14,23H2,2H3/b10-4+. The summed E-state index contributed by atoms with van der Waals surface area (Å²) in [6, 6.07) is 0. The number of hydrogen-bond donors (Lipinski definition) is 1. The fraction of sp³-hybridized carbons (Fsp3) is 0.300. The summed E-state index contributed by atoms with van der Waals surface area (Å²) >= 11 is 9.52. The van der Waals surface area contributed by atoms with E-state index >= 15 is 0 Å². The van der Waals surface area contributed by atoms with Crippen molar-refractivity contribution in [1.29, 1.82) is 0 Å². The van der Waals surface area contributed by atoms with Crippen LogP contribution in [0.1, 0.15) is 19.8 Å². The van der Waals surface area contributed by atoms with Gasteiger partial charge in [0.15, 0.2) is 0 Å². The van der Waals surface area contributed by atoms with Gasteiger partial charge in [-0.15, -0.1) is 0 Å². The van der Waals surface area contributed by atoms with Gasteiger partial charge in [-0.05, 0) is 48.6 Å². The second-order valence-corrected chi connectivity index (χ2v) is 7.08. The molecular weight excluding hydrogens is 414 g/mol. The minimum Gasteiger partial charge on any atom is -0.396 e. The normalized spacial score (nSPS) is 18.1. The molecule has 1 fully saturated rings. The van der Waals surface area contributed by atoms with Crippen LogP contribution in [0.25, 0.3) is 0 Å². The number of aldehydes is 1. The molecule has 4 nitrogen and oxygen atoms in total. The monoisotopic (exact) mass is 435 g/mol. The summed E-state index contributed by atoms with van der Waals surface area (Å²) in [5.41, 5.74) is 13.2. The maximum absolute atomic E-state index is 11.6. The third-order valence-electron chi connectivity index (χ3n) is 4.18. The van der Waals surface area contributed by atoms with Gasteiger partial charge in [-0.3, -0.25) is 4.79 Å². The first-order valence-corrected chi connectivity index (χ1v) is 9.67. The first-order chi connectivity index (χ1) is 12.5. The maximum Gasteiger partial charge on any atom is 0.148 e. The maximum atomic E-state index is 11.6. The molecule has 0 radical (unpaired) electrons. The molecule has 0 saturated carbocycles. The third-order valence-corrected chi connectivity index (χ3v) is 4.82. The van der Waals surface area contributed by atoms with E-state index in [2.05, 4.69) is 38.0 Å². The van der Waals surface area contributed by atoms with Crippen molar-refractivity contribution >= 4 is 33.8 Å². The van der Waals surface area contributed by atoms with Gasteiger partial charge in [-0.1, -0.05) is 45.9 Å². The Hall–Kier alpha value is -1.94. The molecule has 0 aromatic heterocycles. The van der Waals surface area contributed by atoms with Gasteiger partial charge < -0.3 is 15.5 Å². The van der Waals surface area contributed by atoms with Crippen LogP contribution in [-0.4, -0.2) is 35.8 Å². The van der Waals surface area contributed by atoms with Crippen LogP contribution in [0.15, 0.2) is 74.9 Å². The van der Waals surface area contributed by atoms with Crippen molar-refractivity contribution in [2.45, 2.75) is 19.8 Å². The summed E-state index contributed by atoms with van der Waals surface area (Å²) in [4.78, 5) is 17.7. The summed E-state index contributed by atoms with van der Waals surface area (Å²) in [5.74, 6) is 0. The van der Waals surface area contributed by atoms with Gasteiger partial charge in [0.1, 0.15) is 6.29 Å². The Morgan fingerprint density at radius 2 is 2.23 bits per heavy atom. The topological polar surface area (TPSA) is 49.6 Å². The molecule has 138 valence electrons. The lowest BCUT2D eigenvalue weighted by atomic mass is 10.1. The summed E-state index contributed by atoms with van der Waals surface area (Å²) in [6.07, 6.45) is 9.64. The Labute approximate surface area is 168 Å². The number of halogens is 2. The fourth-order valence-electron chi connectivity index (χ4n) is 3.05. The van der Waals surface area contributed by atoms with Crippen molar-refractivity contribution in [3.63, 3.8) is 0 Å². The second kappa shape index (κ2) is 9.67.